The van der Waals surface area contributed by atoms with Gasteiger partial charge in [0.05, 0.1) is 6.54 Å². The van der Waals surface area contributed by atoms with Gasteiger partial charge in [0.25, 0.3) is 11.5 Å². The molecule has 0 bridgehead atoms. The Bertz CT molecular complexity index is 1170. The van der Waals surface area contributed by atoms with E-state index in [2.05, 4.69) is 10.3 Å². The standard InChI is InChI=1S/C19H22ClN5O4.C2HF3O2/c20-13-5-1-4-12(10-13)11-25-9-3-6-14(17(25)27)16(26)24-15(18(28)29)7-2-8-23-19(21)22;3-2(4,5)1(6)7/h1,3-6,9-10,15H,2,7-8,11H2,(H,24,26)(H,28,29)(H4,21,22,23);(H,6,7)/t15-;/m0./s1. The summed E-state index contributed by atoms with van der Waals surface area (Å²) >= 11 is 5.96. The average molecular weight is 534 g/mol. The first-order chi connectivity index (χ1) is 16.7. The molecule has 0 radical (unpaired) electrons. The second-order valence-electron chi connectivity index (χ2n) is 7.10. The summed E-state index contributed by atoms with van der Waals surface area (Å²) in [5.41, 5.74) is 10.5. The monoisotopic (exact) mass is 533 g/mol. The van der Waals surface area contributed by atoms with Crippen LogP contribution in [0.3, 0.4) is 0 Å². The fraction of sp³-hybridized carbons (Fsp3) is 0.286. The number of carbonyl (C=O) groups excluding carboxylic acids is 1. The molecule has 196 valence electrons. The molecule has 1 amide bonds. The zero-order chi connectivity index (χ0) is 27.5. The van der Waals surface area contributed by atoms with Crippen molar-refractivity contribution < 1.29 is 37.8 Å². The number of halogens is 4. The minimum atomic E-state index is -5.08. The maximum Gasteiger partial charge on any atom is 0.490 e. The van der Waals surface area contributed by atoms with Gasteiger partial charge in [-0.1, -0.05) is 23.7 Å². The first kappa shape index (κ1) is 30.0. The molecule has 1 aromatic carbocycles. The molecule has 0 aliphatic carbocycles. The summed E-state index contributed by atoms with van der Waals surface area (Å²) < 4.78 is 33.1. The highest BCUT2D eigenvalue weighted by Gasteiger charge is 2.38. The van der Waals surface area contributed by atoms with Crippen molar-refractivity contribution in [1.82, 2.24) is 9.88 Å². The third-order valence-corrected chi connectivity index (χ3v) is 4.53. The minimum absolute atomic E-state index is 0.0922. The van der Waals surface area contributed by atoms with Crippen LogP contribution in [0.2, 0.25) is 5.02 Å². The molecule has 15 heteroatoms. The van der Waals surface area contributed by atoms with Crippen LogP contribution in [0, 0.1) is 0 Å². The first-order valence-corrected chi connectivity index (χ1v) is 10.4. The Morgan fingerprint density at radius 1 is 1.14 bits per heavy atom. The molecule has 1 heterocycles. The summed E-state index contributed by atoms with van der Waals surface area (Å²) in [6, 6.07) is 8.74. The van der Waals surface area contributed by atoms with Crippen LogP contribution in [-0.2, 0) is 16.1 Å². The maximum absolute atomic E-state index is 12.7. The van der Waals surface area contributed by atoms with Gasteiger partial charge in [-0.15, -0.1) is 0 Å². The smallest absolute Gasteiger partial charge is 0.480 e. The summed E-state index contributed by atoms with van der Waals surface area (Å²) in [6.07, 6.45) is -3.08. The molecule has 2 rings (SSSR count). The number of aliphatic imine (C=N–C) groups is 1. The topological polar surface area (TPSA) is 190 Å². The normalized spacial score (nSPS) is 11.4. The fourth-order valence-electron chi connectivity index (χ4n) is 2.66. The number of benzene rings is 1. The van der Waals surface area contributed by atoms with Crippen LogP contribution >= 0.6 is 11.6 Å². The Labute approximate surface area is 207 Å². The SMILES string of the molecule is NC(N)=NCCC[C@H](NC(=O)c1cccn(Cc2cccc(Cl)c2)c1=O)C(=O)O.O=C(O)C(F)(F)F. The molecule has 0 fully saturated rings. The Balaban J connectivity index is 0.000000809. The molecule has 0 aliphatic rings. The number of guanidine groups is 1. The van der Waals surface area contributed by atoms with Crippen molar-refractivity contribution in [3.05, 3.63) is 69.1 Å². The van der Waals surface area contributed by atoms with Crippen LogP contribution in [-0.4, -0.2) is 57.3 Å². The van der Waals surface area contributed by atoms with Gasteiger partial charge < -0.3 is 31.6 Å². The number of nitrogens with two attached hydrogens (primary N) is 2. The molecule has 0 saturated carbocycles. The van der Waals surface area contributed by atoms with E-state index >= 15 is 0 Å². The van der Waals surface area contributed by atoms with Gasteiger partial charge in [-0.3, -0.25) is 14.6 Å². The number of carboxylic acids is 2. The number of alkyl halides is 3. The molecule has 0 aliphatic heterocycles. The minimum Gasteiger partial charge on any atom is -0.480 e. The maximum atomic E-state index is 12.7. The first-order valence-electron chi connectivity index (χ1n) is 10.1. The summed E-state index contributed by atoms with van der Waals surface area (Å²) in [6.45, 7) is 0.459. The predicted octanol–water partition coefficient (Wildman–Crippen LogP) is 1.42. The lowest BCUT2D eigenvalue weighted by atomic mass is 10.1. The van der Waals surface area contributed by atoms with E-state index in [1.807, 2.05) is 6.07 Å². The van der Waals surface area contributed by atoms with Gasteiger partial charge in [0.1, 0.15) is 11.6 Å². The quantitative estimate of drug-likeness (QED) is 0.181. The van der Waals surface area contributed by atoms with Crippen molar-refractivity contribution in [2.75, 3.05) is 6.54 Å². The largest absolute Gasteiger partial charge is 0.490 e. The summed E-state index contributed by atoms with van der Waals surface area (Å²) in [7, 11) is 0. The number of carboxylic acid groups (broad SMARTS) is 2. The van der Waals surface area contributed by atoms with Gasteiger partial charge in [0.2, 0.25) is 0 Å². The Kier molecular flexibility index (Phi) is 11.4. The molecule has 0 spiro atoms. The molecule has 0 unspecified atom stereocenters. The van der Waals surface area contributed by atoms with Crippen LogP contribution in [0.15, 0.2) is 52.4 Å². The van der Waals surface area contributed by atoms with E-state index in [0.717, 1.165) is 5.56 Å². The summed E-state index contributed by atoms with van der Waals surface area (Å²) in [4.78, 5) is 49.3. The van der Waals surface area contributed by atoms with E-state index in [9.17, 15) is 32.7 Å². The summed E-state index contributed by atoms with van der Waals surface area (Å²) in [5, 5.41) is 19.4. The van der Waals surface area contributed by atoms with Crippen LogP contribution < -0.4 is 22.3 Å². The van der Waals surface area contributed by atoms with Crippen LogP contribution in [0.4, 0.5) is 13.2 Å². The molecular weight excluding hydrogens is 511 g/mol. The van der Waals surface area contributed by atoms with Crippen molar-refractivity contribution in [2.24, 2.45) is 16.5 Å². The molecule has 0 saturated heterocycles. The van der Waals surface area contributed by atoms with Gasteiger partial charge in [-0.05, 0) is 42.7 Å². The van der Waals surface area contributed by atoms with Gasteiger partial charge in [0, 0.05) is 17.8 Å². The van der Waals surface area contributed by atoms with Crippen molar-refractivity contribution >= 4 is 35.4 Å². The molecule has 36 heavy (non-hydrogen) atoms. The molecule has 1 aromatic heterocycles. The number of pyridine rings is 1. The number of hydrogen-bond acceptors (Lipinski definition) is 5. The second kappa shape index (κ2) is 13.7. The molecule has 11 nitrogen and oxygen atoms in total. The third-order valence-electron chi connectivity index (χ3n) is 4.30. The highest BCUT2D eigenvalue weighted by Crippen LogP contribution is 2.13. The Morgan fingerprint density at radius 2 is 1.78 bits per heavy atom. The number of carbonyl (C=O) groups is 3. The van der Waals surface area contributed by atoms with Crippen LogP contribution in [0.5, 0.6) is 0 Å². The van der Waals surface area contributed by atoms with E-state index in [1.165, 1.54) is 10.6 Å². The fourth-order valence-corrected chi connectivity index (χ4v) is 2.88. The highest BCUT2D eigenvalue weighted by molar-refractivity contribution is 6.30. The molecule has 7 N–H and O–H groups in total. The van der Waals surface area contributed by atoms with Crippen LogP contribution in [0.25, 0.3) is 0 Å². The lowest BCUT2D eigenvalue weighted by Gasteiger charge is -2.14. The third kappa shape index (κ3) is 10.5. The summed E-state index contributed by atoms with van der Waals surface area (Å²) in [5.74, 6) is -4.82. The predicted molar refractivity (Wildman–Crippen MR) is 124 cm³/mol. The van der Waals surface area contributed by atoms with E-state index in [0.29, 0.717) is 11.4 Å². The number of aromatic nitrogens is 1. The lowest BCUT2D eigenvalue weighted by Crippen LogP contribution is -2.43. The number of nitrogens with zero attached hydrogens (tertiary/aromatic N) is 2. The molecule has 2 aromatic rings. The van der Waals surface area contributed by atoms with Crippen molar-refractivity contribution in [1.29, 1.82) is 0 Å². The number of amides is 1. The Morgan fingerprint density at radius 3 is 2.31 bits per heavy atom. The number of hydrogen-bond donors (Lipinski definition) is 5. The second-order valence-corrected chi connectivity index (χ2v) is 7.54. The van der Waals surface area contributed by atoms with E-state index in [1.54, 1.807) is 30.5 Å². The van der Waals surface area contributed by atoms with Crippen LogP contribution in [0.1, 0.15) is 28.8 Å². The molecule has 1 atom stereocenters. The van der Waals surface area contributed by atoms with Gasteiger partial charge >= 0.3 is 18.1 Å². The Hall–Kier alpha value is -4.07. The highest BCUT2D eigenvalue weighted by atomic mass is 35.5. The number of aliphatic carboxylic acids is 2. The van der Waals surface area contributed by atoms with Gasteiger partial charge in [-0.2, -0.15) is 13.2 Å². The van der Waals surface area contributed by atoms with E-state index < -0.39 is 35.6 Å². The zero-order valence-electron chi connectivity index (χ0n) is 18.5. The van der Waals surface area contributed by atoms with Gasteiger partial charge in [-0.25, -0.2) is 9.59 Å². The lowest BCUT2D eigenvalue weighted by molar-refractivity contribution is -0.192. The van der Waals surface area contributed by atoms with Crippen molar-refractivity contribution in [2.45, 2.75) is 31.6 Å². The average Bonchev–Trinajstić information content (AvgIpc) is 2.76. The number of nitrogens with one attached hydrogen (secondary N) is 1. The van der Waals surface area contributed by atoms with E-state index in [4.69, 9.17) is 33.0 Å². The number of rotatable bonds is 9. The van der Waals surface area contributed by atoms with Crippen molar-refractivity contribution in [3.8, 4) is 0 Å². The van der Waals surface area contributed by atoms with E-state index in [-0.39, 0.29) is 31.0 Å². The molecular formula is C21H23ClF3N5O6. The van der Waals surface area contributed by atoms with Gasteiger partial charge in [0.15, 0.2) is 5.96 Å². The zero-order valence-corrected chi connectivity index (χ0v) is 19.3. The van der Waals surface area contributed by atoms with Crippen molar-refractivity contribution in [3.63, 3.8) is 0 Å².